The van der Waals surface area contributed by atoms with Crippen molar-refractivity contribution < 1.29 is 23.1 Å². The standard InChI is InChI=1S/C18H16ClF2N3O3/c1-22-18(26)24-14-6-7-27-16-10(14)3-5-13(21)15(16)17(25)23-9-2-4-12(20)11(19)8-9/h2-5,8,14H,6-7H2,1H3,(H,23,25)(H2,22,24,26)/t14-/m0/s1. The number of fused-ring (bicyclic) bond motifs is 1. The fraction of sp³-hybridized carbons (Fsp3) is 0.222. The third-order valence-electron chi connectivity index (χ3n) is 4.10. The second kappa shape index (κ2) is 7.79. The van der Waals surface area contributed by atoms with E-state index in [0.29, 0.717) is 12.0 Å². The summed E-state index contributed by atoms with van der Waals surface area (Å²) in [6.45, 7) is 0.202. The van der Waals surface area contributed by atoms with Crippen LogP contribution >= 0.6 is 11.6 Å². The number of carbonyl (C=O) groups excluding carboxylic acids is 2. The average molecular weight is 396 g/mol. The Balaban J connectivity index is 1.93. The molecule has 27 heavy (non-hydrogen) atoms. The number of nitrogens with one attached hydrogen (secondary N) is 3. The van der Waals surface area contributed by atoms with E-state index in [0.717, 1.165) is 12.1 Å². The van der Waals surface area contributed by atoms with Crippen molar-refractivity contribution in [3.05, 3.63) is 58.1 Å². The predicted octanol–water partition coefficient (Wildman–Crippen LogP) is 3.62. The Morgan fingerprint density at radius 2 is 1.93 bits per heavy atom. The van der Waals surface area contributed by atoms with Gasteiger partial charge in [0.1, 0.15) is 22.9 Å². The summed E-state index contributed by atoms with van der Waals surface area (Å²) in [7, 11) is 1.48. The number of urea groups is 1. The van der Waals surface area contributed by atoms with Crippen molar-refractivity contribution in [2.24, 2.45) is 0 Å². The highest BCUT2D eigenvalue weighted by Gasteiger charge is 2.29. The van der Waals surface area contributed by atoms with Crippen LogP contribution in [0.5, 0.6) is 5.75 Å². The minimum Gasteiger partial charge on any atom is -0.492 e. The van der Waals surface area contributed by atoms with Crippen molar-refractivity contribution in [2.75, 3.05) is 19.0 Å². The smallest absolute Gasteiger partial charge is 0.315 e. The summed E-state index contributed by atoms with van der Waals surface area (Å²) >= 11 is 5.70. The molecule has 1 atom stereocenters. The normalized spacial score (nSPS) is 15.3. The molecule has 3 rings (SSSR count). The molecule has 2 aromatic carbocycles. The number of ether oxygens (including phenoxy) is 1. The maximum atomic E-state index is 14.4. The topological polar surface area (TPSA) is 79.5 Å². The second-order valence-corrected chi connectivity index (χ2v) is 6.24. The Morgan fingerprint density at radius 3 is 2.63 bits per heavy atom. The van der Waals surface area contributed by atoms with Gasteiger partial charge in [-0.25, -0.2) is 13.6 Å². The predicted molar refractivity (Wildman–Crippen MR) is 96.2 cm³/mol. The van der Waals surface area contributed by atoms with Crippen molar-refractivity contribution in [3.8, 4) is 5.75 Å². The molecule has 0 spiro atoms. The van der Waals surface area contributed by atoms with Crippen LogP contribution < -0.4 is 20.7 Å². The number of carbonyl (C=O) groups is 2. The van der Waals surface area contributed by atoms with Crippen LogP contribution in [0.25, 0.3) is 0 Å². The molecule has 0 fully saturated rings. The van der Waals surface area contributed by atoms with Gasteiger partial charge in [0.05, 0.1) is 17.7 Å². The summed E-state index contributed by atoms with van der Waals surface area (Å²) in [4.78, 5) is 24.2. The minimum atomic E-state index is -0.778. The Morgan fingerprint density at radius 1 is 1.19 bits per heavy atom. The Hall–Kier alpha value is -2.87. The van der Waals surface area contributed by atoms with Gasteiger partial charge in [0.2, 0.25) is 0 Å². The summed E-state index contributed by atoms with van der Waals surface area (Å²) in [6.07, 6.45) is 0.473. The van der Waals surface area contributed by atoms with Crippen LogP contribution in [0.4, 0.5) is 19.3 Å². The molecule has 0 radical (unpaired) electrons. The Labute approximate surface area is 158 Å². The largest absolute Gasteiger partial charge is 0.492 e. The minimum absolute atomic E-state index is 0.0633. The summed E-state index contributed by atoms with van der Waals surface area (Å²) in [5, 5.41) is 7.48. The average Bonchev–Trinajstić information content (AvgIpc) is 2.64. The van der Waals surface area contributed by atoms with E-state index in [9.17, 15) is 18.4 Å². The third kappa shape index (κ3) is 3.95. The fourth-order valence-corrected chi connectivity index (χ4v) is 2.98. The number of halogens is 3. The van der Waals surface area contributed by atoms with E-state index in [2.05, 4.69) is 16.0 Å². The highest BCUT2D eigenvalue weighted by molar-refractivity contribution is 6.31. The van der Waals surface area contributed by atoms with Crippen molar-refractivity contribution >= 4 is 29.2 Å². The first-order valence-corrected chi connectivity index (χ1v) is 8.48. The highest BCUT2D eigenvalue weighted by Crippen LogP contribution is 2.37. The van der Waals surface area contributed by atoms with Crippen LogP contribution in [0.2, 0.25) is 5.02 Å². The lowest BCUT2D eigenvalue weighted by molar-refractivity contribution is 0.101. The van der Waals surface area contributed by atoms with E-state index in [4.69, 9.17) is 16.3 Å². The molecule has 142 valence electrons. The molecule has 2 aromatic rings. The van der Waals surface area contributed by atoms with E-state index in [-0.39, 0.29) is 28.6 Å². The number of anilines is 1. The van der Waals surface area contributed by atoms with Gasteiger partial charge in [-0.1, -0.05) is 17.7 Å². The molecule has 6 nitrogen and oxygen atoms in total. The summed E-state index contributed by atoms with van der Waals surface area (Å²) in [5.41, 5.74) is 0.407. The third-order valence-corrected chi connectivity index (χ3v) is 4.39. The van der Waals surface area contributed by atoms with Crippen molar-refractivity contribution in [1.82, 2.24) is 10.6 Å². The number of rotatable bonds is 3. The summed E-state index contributed by atoms with van der Waals surface area (Å²) in [5.74, 6) is -2.12. The molecule has 3 amide bonds. The van der Waals surface area contributed by atoms with Crippen LogP contribution in [0, 0.1) is 11.6 Å². The SMILES string of the molecule is CNC(=O)N[C@H]1CCOc2c1ccc(F)c2C(=O)Nc1ccc(F)c(Cl)c1. The lowest BCUT2D eigenvalue weighted by Crippen LogP contribution is -2.38. The highest BCUT2D eigenvalue weighted by atomic mass is 35.5. The van der Waals surface area contributed by atoms with E-state index < -0.39 is 29.6 Å². The van der Waals surface area contributed by atoms with Gasteiger partial charge in [-0.3, -0.25) is 4.79 Å². The summed E-state index contributed by atoms with van der Waals surface area (Å²) in [6, 6.07) is 5.40. The molecule has 9 heteroatoms. The van der Waals surface area contributed by atoms with Crippen LogP contribution in [0.1, 0.15) is 28.4 Å². The van der Waals surface area contributed by atoms with Crippen LogP contribution in [-0.2, 0) is 0 Å². The summed E-state index contributed by atoms with van der Waals surface area (Å²) < 4.78 is 33.2. The molecule has 3 N–H and O–H groups in total. The van der Waals surface area contributed by atoms with Crippen LogP contribution in [-0.4, -0.2) is 25.6 Å². The molecule has 0 saturated carbocycles. The van der Waals surface area contributed by atoms with Crippen LogP contribution in [0.3, 0.4) is 0 Å². The quantitative estimate of drug-likeness (QED) is 0.742. The maximum Gasteiger partial charge on any atom is 0.315 e. The monoisotopic (exact) mass is 395 g/mol. The van der Waals surface area contributed by atoms with Gasteiger partial charge in [-0.05, 0) is 24.3 Å². The van der Waals surface area contributed by atoms with Crippen molar-refractivity contribution in [3.63, 3.8) is 0 Å². The van der Waals surface area contributed by atoms with Gasteiger partial charge in [0.25, 0.3) is 5.91 Å². The zero-order valence-electron chi connectivity index (χ0n) is 14.2. The lowest BCUT2D eigenvalue weighted by Gasteiger charge is -2.28. The molecule has 0 unspecified atom stereocenters. The molecule has 0 saturated heterocycles. The first-order valence-electron chi connectivity index (χ1n) is 8.10. The molecular formula is C18H16ClF2N3O3. The number of hydrogen-bond donors (Lipinski definition) is 3. The van der Waals surface area contributed by atoms with Gasteiger partial charge in [-0.2, -0.15) is 0 Å². The molecule has 1 aliphatic heterocycles. The fourth-order valence-electron chi connectivity index (χ4n) is 2.80. The van der Waals surface area contributed by atoms with Gasteiger partial charge in [0.15, 0.2) is 0 Å². The Bertz CT molecular complexity index is 908. The van der Waals surface area contributed by atoms with Gasteiger partial charge >= 0.3 is 6.03 Å². The van der Waals surface area contributed by atoms with E-state index in [1.165, 1.54) is 25.2 Å². The Kier molecular flexibility index (Phi) is 5.46. The van der Waals surface area contributed by atoms with Crippen molar-refractivity contribution in [2.45, 2.75) is 12.5 Å². The van der Waals surface area contributed by atoms with Gasteiger partial charge in [-0.15, -0.1) is 0 Å². The first kappa shape index (κ1) is 18.9. The molecule has 1 aliphatic rings. The van der Waals surface area contributed by atoms with Crippen molar-refractivity contribution in [1.29, 1.82) is 0 Å². The molecule has 1 heterocycles. The molecule has 0 bridgehead atoms. The number of benzene rings is 2. The zero-order chi connectivity index (χ0) is 19.6. The van der Waals surface area contributed by atoms with Gasteiger partial charge < -0.3 is 20.7 Å². The lowest BCUT2D eigenvalue weighted by atomic mass is 9.96. The molecule has 0 aromatic heterocycles. The second-order valence-electron chi connectivity index (χ2n) is 5.84. The maximum absolute atomic E-state index is 14.4. The van der Waals surface area contributed by atoms with E-state index in [1.807, 2.05) is 0 Å². The first-order chi connectivity index (χ1) is 12.9. The number of amides is 3. The van der Waals surface area contributed by atoms with Gasteiger partial charge in [0, 0.05) is 24.7 Å². The number of hydrogen-bond acceptors (Lipinski definition) is 3. The zero-order valence-corrected chi connectivity index (χ0v) is 15.0. The van der Waals surface area contributed by atoms with E-state index in [1.54, 1.807) is 0 Å². The molecular weight excluding hydrogens is 380 g/mol. The van der Waals surface area contributed by atoms with Crippen LogP contribution in [0.15, 0.2) is 30.3 Å². The van der Waals surface area contributed by atoms with E-state index >= 15 is 0 Å². The molecule has 0 aliphatic carbocycles.